The van der Waals surface area contributed by atoms with Crippen molar-refractivity contribution in [3.63, 3.8) is 0 Å². The number of hydrogen-bond acceptors (Lipinski definition) is 2. The molecule has 0 radical (unpaired) electrons. The second-order valence-electron chi connectivity index (χ2n) is 21.1. The van der Waals surface area contributed by atoms with Crippen LogP contribution in [-0.2, 0) is 23.7 Å². The summed E-state index contributed by atoms with van der Waals surface area (Å²) < 4.78 is 0. The summed E-state index contributed by atoms with van der Waals surface area (Å²) in [4.78, 5) is 5.18. The lowest BCUT2D eigenvalue weighted by molar-refractivity contribution is 0.350. The Morgan fingerprint density at radius 1 is 0.347 bits per heavy atom. The van der Waals surface area contributed by atoms with Crippen molar-refractivity contribution in [1.82, 2.24) is 0 Å². The predicted molar refractivity (Wildman–Crippen MR) is 301 cm³/mol. The van der Waals surface area contributed by atoms with Gasteiger partial charge in [-0.25, -0.2) is 0 Å². The molecule has 0 bridgehead atoms. The average Bonchev–Trinajstić information content (AvgIpc) is 4.14. The summed E-state index contributed by atoms with van der Waals surface area (Å²) >= 11 is 0. The fraction of sp³-hybridized carbons (Fsp3) is 0.143. The zero-order chi connectivity index (χ0) is 48.0. The highest BCUT2D eigenvalue weighted by Gasteiger charge is 2.62. The lowest BCUT2D eigenvalue weighted by atomic mass is 9.68. The minimum atomic E-state index is -0.163. The smallest absolute Gasteiger partial charge is 0.0505 e. The quantitative estimate of drug-likeness (QED) is 0.142. The average molecular weight is 925 g/mol. The van der Waals surface area contributed by atoms with Gasteiger partial charge in [-0.05, 0) is 176 Å². The van der Waals surface area contributed by atoms with E-state index in [4.69, 9.17) is 0 Å². The molecule has 3 unspecified atom stereocenters. The van der Waals surface area contributed by atoms with E-state index in [0.717, 1.165) is 18.5 Å². The molecule has 14 rings (SSSR count). The number of fused-ring (bicyclic) bond motifs is 5. The van der Waals surface area contributed by atoms with Crippen molar-refractivity contribution in [2.75, 3.05) is 9.80 Å². The Bertz CT molecular complexity index is 3570. The number of anilines is 6. The third kappa shape index (κ3) is 6.41. The van der Waals surface area contributed by atoms with Crippen molar-refractivity contribution in [1.29, 1.82) is 0 Å². The molecule has 346 valence electrons. The van der Waals surface area contributed by atoms with Crippen LogP contribution in [0.5, 0.6) is 0 Å². The van der Waals surface area contributed by atoms with E-state index >= 15 is 0 Å². The molecule has 4 aliphatic rings. The third-order valence-corrected chi connectivity index (χ3v) is 17.2. The standard InChI is InChI=1S/C70H56N2/c1-69(2)62-33-16-15-30-60(62)61-43-42-57(46-63(61)69)72(56-40-36-49(37-41-56)66-58(47-20-7-3-8-21-47)31-19-32-59(66)48-22-9-4-10-23-48)65-35-18-25-51-45-53-39-38-52-44-50-24-17-34-64(67(50)70(52,53)68(51)65)71(54-26-11-5-12-27-54)55-28-13-6-14-29-55/h3-37,40-43,46,52-53H,38-39,44-45H2,1-2H3. The topological polar surface area (TPSA) is 6.48 Å². The number of nitrogens with zero attached hydrogens (tertiary/aromatic N) is 2. The van der Waals surface area contributed by atoms with E-state index in [1.165, 1.54) is 119 Å². The minimum absolute atomic E-state index is 0.150. The van der Waals surface area contributed by atoms with Crippen LogP contribution in [0.25, 0.3) is 44.5 Å². The van der Waals surface area contributed by atoms with Gasteiger partial charge in [-0.1, -0.05) is 196 Å². The van der Waals surface area contributed by atoms with Crippen LogP contribution in [0, 0.1) is 11.8 Å². The molecule has 0 aromatic heterocycles. The molecule has 1 saturated carbocycles. The van der Waals surface area contributed by atoms with Crippen molar-refractivity contribution < 1.29 is 0 Å². The van der Waals surface area contributed by atoms with Crippen LogP contribution in [0.3, 0.4) is 0 Å². The van der Waals surface area contributed by atoms with Crippen LogP contribution >= 0.6 is 0 Å². The first-order valence-corrected chi connectivity index (χ1v) is 26.0. The van der Waals surface area contributed by atoms with Gasteiger partial charge in [-0.15, -0.1) is 0 Å². The van der Waals surface area contributed by atoms with Gasteiger partial charge in [0.25, 0.3) is 0 Å². The van der Waals surface area contributed by atoms with Gasteiger partial charge < -0.3 is 9.80 Å². The summed E-state index contributed by atoms with van der Waals surface area (Å²) in [6.45, 7) is 4.81. The van der Waals surface area contributed by atoms with Gasteiger partial charge in [0.2, 0.25) is 0 Å². The van der Waals surface area contributed by atoms with Gasteiger partial charge in [0.15, 0.2) is 0 Å². The van der Waals surface area contributed by atoms with E-state index < -0.39 is 0 Å². The predicted octanol–water partition coefficient (Wildman–Crippen LogP) is 18.4. The van der Waals surface area contributed by atoms with Crippen molar-refractivity contribution in [2.24, 2.45) is 11.8 Å². The highest BCUT2D eigenvalue weighted by molar-refractivity contribution is 5.96. The van der Waals surface area contributed by atoms with Gasteiger partial charge >= 0.3 is 0 Å². The first-order valence-electron chi connectivity index (χ1n) is 26.0. The second-order valence-corrected chi connectivity index (χ2v) is 21.1. The molecule has 3 atom stereocenters. The fourth-order valence-electron chi connectivity index (χ4n) is 14.2. The van der Waals surface area contributed by atoms with Gasteiger partial charge in [0.1, 0.15) is 0 Å². The largest absolute Gasteiger partial charge is 0.310 e. The van der Waals surface area contributed by atoms with Crippen molar-refractivity contribution in [2.45, 2.75) is 50.4 Å². The number of hydrogen-bond donors (Lipinski definition) is 0. The zero-order valence-electron chi connectivity index (χ0n) is 41.0. The molecule has 4 aliphatic carbocycles. The maximum Gasteiger partial charge on any atom is 0.0505 e. The summed E-state index contributed by atoms with van der Waals surface area (Å²) in [5, 5.41) is 0. The Hall–Kier alpha value is -8.20. The summed E-state index contributed by atoms with van der Waals surface area (Å²) in [5.41, 5.74) is 25.9. The highest BCUT2D eigenvalue weighted by atomic mass is 15.2. The molecule has 1 spiro atoms. The number of para-hydroxylation sites is 2. The Balaban J connectivity index is 0.994. The highest BCUT2D eigenvalue weighted by Crippen LogP contribution is 2.69. The molecular weight excluding hydrogens is 869 g/mol. The van der Waals surface area contributed by atoms with Crippen LogP contribution < -0.4 is 9.80 Å². The Morgan fingerprint density at radius 2 is 0.778 bits per heavy atom. The molecule has 2 nitrogen and oxygen atoms in total. The zero-order valence-corrected chi connectivity index (χ0v) is 41.0. The summed E-state index contributed by atoms with van der Waals surface area (Å²) in [6.07, 6.45) is 4.64. The van der Waals surface area contributed by atoms with Crippen molar-refractivity contribution >= 4 is 34.1 Å². The number of rotatable bonds is 9. The van der Waals surface area contributed by atoms with Gasteiger partial charge in [-0.2, -0.15) is 0 Å². The van der Waals surface area contributed by atoms with Crippen LogP contribution in [0.4, 0.5) is 34.1 Å². The number of benzene rings is 10. The van der Waals surface area contributed by atoms with Crippen LogP contribution in [0.2, 0.25) is 0 Å². The second kappa shape index (κ2) is 16.7. The van der Waals surface area contributed by atoms with Crippen molar-refractivity contribution in [3.8, 4) is 44.5 Å². The van der Waals surface area contributed by atoms with Crippen LogP contribution in [0.1, 0.15) is 60.1 Å². The molecular formula is C70H56N2. The van der Waals surface area contributed by atoms with E-state index in [2.05, 4.69) is 266 Å². The normalized spacial score (nSPS) is 18.4. The summed E-state index contributed by atoms with van der Waals surface area (Å²) in [5.74, 6) is 0.996. The molecule has 0 aliphatic heterocycles. The van der Waals surface area contributed by atoms with Crippen molar-refractivity contribution in [3.05, 3.63) is 276 Å². The maximum atomic E-state index is 2.64. The summed E-state index contributed by atoms with van der Waals surface area (Å²) in [6, 6.07) is 91.0. The van der Waals surface area contributed by atoms with E-state index in [1.807, 2.05) is 0 Å². The maximum absolute atomic E-state index is 2.64. The Morgan fingerprint density at radius 3 is 1.33 bits per heavy atom. The third-order valence-electron chi connectivity index (χ3n) is 17.2. The molecule has 0 N–H and O–H groups in total. The van der Waals surface area contributed by atoms with Crippen LogP contribution in [0.15, 0.2) is 243 Å². The molecule has 2 heteroatoms. The van der Waals surface area contributed by atoms with Gasteiger partial charge in [0, 0.05) is 33.6 Å². The van der Waals surface area contributed by atoms with E-state index in [-0.39, 0.29) is 10.8 Å². The first-order chi connectivity index (χ1) is 35.5. The monoisotopic (exact) mass is 924 g/mol. The molecule has 0 saturated heterocycles. The minimum Gasteiger partial charge on any atom is -0.310 e. The molecule has 72 heavy (non-hydrogen) atoms. The Labute approximate surface area is 424 Å². The van der Waals surface area contributed by atoms with Crippen LogP contribution in [-0.4, -0.2) is 0 Å². The molecule has 10 aromatic carbocycles. The molecule has 1 fully saturated rings. The lowest BCUT2D eigenvalue weighted by Gasteiger charge is -2.40. The van der Waals surface area contributed by atoms with Gasteiger partial charge in [0.05, 0.1) is 11.4 Å². The SMILES string of the molecule is CC1(C)c2ccccc2-c2ccc(N(c3ccc(-c4c(-c5ccccc5)cccc4-c4ccccc4)cc3)c3cccc4c3C35c6c(cccc6N(c6ccccc6)c6ccccc6)CC3CCC5C4)cc21. The Kier molecular flexibility index (Phi) is 9.90. The molecule has 0 heterocycles. The van der Waals surface area contributed by atoms with E-state index in [1.54, 1.807) is 0 Å². The molecule has 0 amide bonds. The van der Waals surface area contributed by atoms with E-state index in [0.29, 0.717) is 11.8 Å². The first kappa shape index (κ1) is 42.7. The summed E-state index contributed by atoms with van der Waals surface area (Å²) in [7, 11) is 0. The lowest BCUT2D eigenvalue weighted by Crippen LogP contribution is -2.34. The fourth-order valence-corrected chi connectivity index (χ4v) is 14.2. The van der Waals surface area contributed by atoms with E-state index in [9.17, 15) is 0 Å². The van der Waals surface area contributed by atoms with Gasteiger partial charge in [-0.3, -0.25) is 0 Å². The molecule has 10 aromatic rings.